The zero-order valence-corrected chi connectivity index (χ0v) is 14.3. The van der Waals surface area contributed by atoms with Crippen molar-refractivity contribution in [3.8, 4) is 5.88 Å². The summed E-state index contributed by atoms with van der Waals surface area (Å²) in [5, 5.41) is 15.8. The number of ether oxygens (including phenoxy) is 1. The van der Waals surface area contributed by atoms with Crippen molar-refractivity contribution >= 4 is 22.4 Å². The van der Waals surface area contributed by atoms with E-state index in [-0.39, 0.29) is 6.04 Å². The second kappa shape index (κ2) is 7.65. The van der Waals surface area contributed by atoms with E-state index in [4.69, 9.17) is 4.74 Å². The summed E-state index contributed by atoms with van der Waals surface area (Å²) < 4.78 is 5.06. The minimum absolute atomic E-state index is 0.298. The summed E-state index contributed by atoms with van der Waals surface area (Å²) in [5.41, 5.74) is -0.884. The molecule has 0 saturated heterocycles. The van der Waals surface area contributed by atoms with Crippen molar-refractivity contribution in [3.05, 3.63) is 74.8 Å². The molecule has 0 spiro atoms. The number of rotatable bonds is 6. The molecular formula is C18H16N4O5. The highest BCUT2D eigenvalue weighted by Gasteiger charge is 2.23. The van der Waals surface area contributed by atoms with Gasteiger partial charge in [-0.2, -0.15) is 4.98 Å². The molecule has 1 atom stereocenters. The number of nitrogens with one attached hydrogen (secondary N) is 2. The van der Waals surface area contributed by atoms with Gasteiger partial charge in [0.15, 0.2) is 6.61 Å². The molecule has 0 unspecified atom stereocenters. The summed E-state index contributed by atoms with van der Waals surface area (Å²) in [4.78, 5) is 39.3. The van der Waals surface area contributed by atoms with Crippen molar-refractivity contribution in [3.63, 3.8) is 0 Å². The third-order valence-electron chi connectivity index (χ3n) is 3.97. The summed E-state index contributed by atoms with van der Waals surface area (Å²) in [6.07, 6.45) is 0.972. The van der Waals surface area contributed by atoms with Crippen molar-refractivity contribution in [1.82, 2.24) is 15.3 Å². The van der Waals surface area contributed by atoms with Crippen LogP contribution in [0.4, 0.5) is 5.69 Å². The third-order valence-corrected chi connectivity index (χ3v) is 3.97. The van der Waals surface area contributed by atoms with Gasteiger partial charge in [0.1, 0.15) is 0 Å². The van der Waals surface area contributed by atoms with E-state index in [1.807, 2.05) is 49.4 Å². The number of hydrogen-bond donors (Lipinski definition) is 2. The van der Waals surface area contributed by atoms with Crippen LogP contribution in [0.15, 0.2) is 53.6 Å². The fraction of sp³-hybridized carbons (Fsp3) is 0.167. The first-order valence-corrected chi connectivity index (χ1v) is 8.08. The SMILES string of the molecule is C[C@@H](NC(=O)COc1nc[nH]c(=O)c1[N+](=O)[O-])c1ccc2ccccc2c1. The van der Waals surface area contributed by atoms with Gasteiger partial charge in [-0.05, 0) is 29.3 Å². The summed E-state index contributed by atoms with van der Waals surface area (Å²) >= 11 is 0. The van der Waals surface area contributed by atoms with Crippen LogP contribution in [0.25, 0.3) is 10.8 Å². The zero-order chi connectivity index (χ0) is 19.4. The van der Waals surface area contributed by atoms with E-state index < -0.39 is 34.6 Å². The molecule has 0 aliphatic heterocycles. The van der Waals surface area contributed by atoms with Gasteiger partial charge in [-0.1, -0.05) is 36.4 Å². The topological polar surface area (TPSA) is 127 Å². The summed E-state index contributed by atoms with van der Waals surface area (Å²) in [5.74, 6) is -0.996. The maximum Gasteiger partial charge on any atom is 0.395 e. The number of nitrogens with zero attached hydrogens (tertiary/aromatic N) is 2. The smallest absolute Gasteiger partial charge is 0.395 e. The molecule has 138 valence electrons. The number of fused-ring (bicyclic) bond motifs is 1. The Morgan fingerprint density at radius 1 is 1.30 bits per heavy atom. The van der Waals surface area contributed by atoms with Crippen molar-refractivity contribution in [2.75, 3.05) is 6.61 Å². The van der Waals surface area contributed by atoms with Gasteiger partial charge in [-0.15, -0.1) is 0 Å². The average molecular weight is 368 g/mol. The zero-order valence-electron chi connectivity index (χ0n) is 14.3. The van der Waals surface area contributed by atoms with Crippen LogP contribution in [0.5, 0.6) is 5.88 Å². The molecule has 2 N–H and O–H groups in total. The standard InChI is InChI=1S/C18H16N4O5/c1-11(13-7-6-12-4-2-3-5-14(12)8-13)21-15(23)9-27-18-16(22(25)26)17(24)19-10-20-18/h2-8,10-11H,9H2,1H3,(H,21,23)(H,19,20,24)/t11-/m1/s1. The fourth-order valence-electron chi connectivity index (χ4n) is 2.62. The van der Waals surface area contributed by atoms with Crippen LogP contribution < -0.4 is 15.6 Å². The summed E-state index contributed by atoms with van der Waals surface area (Å²) in [7, 11) is 0. The molecule has 2 aromatic carbocycles. The molecule has 3 rings (SSSR count). The summed E-state index contributed by atoms with van der Waals surface area (Å²) in [6.45, 7) is 1.31. The van der Waals surface area contributed by atoms with Crippen LogP contribution in [-0.4, -0.2) is 27.4 Å². The number of nitro groups is 1. The van der Waals surface area contributed by atoms with Crippen molar-refractivity contribution in [2.24, 2.45) is 0 Å². The van der Waals surface area contributed by atoms with Crippen LogP contribution >= 0.6 is 0 Å². The van der Waals surface area contributed by atoms with Crippen LogP contribution in [0, 0.1) is 10.1 Å². The van der Waals surface area contributed by atoms with E-state index in [9.17, 15) is 19.7 Å². The first-order chi connectivity index (χ1) is 13.0. The molecule has 0 aliphatic rings. The molecule has 9 heteroatoms. The molecule has 0 saturated carbocycles. The minimum atomic E-state index is -0.949. The van der Waals surface area contributed by atoms with Crippen LogP contribution in [0.2, 0.25) is 0 Å². The number of amides is 1. The molecule has 9 nitrogen and oxygen atoms in total. The number of benzene rings is 2. The van der Waals surface area contributed by atoms with Gasteiger partial charge in [0.25, 0.3) is 5.91 Å². The Labute approximate surface area is 153 Å². The molecule has 0 fully saturated rings. The Morgan fingerprint density at radius 3 is 2.78 bits per heavy atom. The van der Waals surface area contributed by atoms with E-state index in [0.717, 1.165) is 22.7 Å². The lowest BCUT2D eigenvalue weighted by molar-refractivity contribution is -0.387. The molecule has 3 aromatic rings. The molecule has 0 radical (unpaired) electrons. The molecule has 1 heterocycles. The molecule has 0 bridgehead atoms. The maximum absolute atomic E-state index is 12.1. The minimum Gasteiger partial charge on any atom is -0.463 e. The van der Waals surface area contributed by atoms with Gasteiger partial charge in [-0.3, -0.25) is 19.7 Å². The first kappa shape index (κ1) is 18.1. The number of hydrogen-bond acceptors (Lipinski definition) is 6. The Bertz CT molecular complexity index is 1060. The van der Waals surface area contributed by atoms with Crippen LogP contribution in [0.1, 0.15) is 18.5 Å². The van der Waals surface area contributed by atoms with Crippen LogP contribution in [0.3, 0.4) is 0 Å². The van der Waals surface area contributed by atoms with Crippen LogP contribution in [-0.2, 0) is 4.79 Å². The van der Waals surface area contributed by atoms with Gasteiger partial charge in [0.05, 0.1) is 17.3 Å². The molecule has 1 amide bonds. The average Bonchev–Trinajstić information content (AvgIpc) is 2.65. The fourth-order valence-corrected chi connectivity index (χ4v) is 2.62. The number of aromatic amines is 1. The highest BCUT2D eigenvalue weighted by molar-refractivity contribution is 5.83. The maximum atomic E-state index is 12.1. The predicted octanol–water partition coefficient (Wildman–Crippen LogP) is 2.09. The normalized spacial score (nSPS) is 11.7. The Hall–Kier alpha value is -3.75. The van der Waals surface area contributed by atoms with E-state index in [1.54, 1.807) is 0 Å². The monoisotopic (exact) mass is 368 g/mol. The summed E-state index contributed by atoms with van der Waals surface area (Å²) in [6, 6.07) is 13.4. The van der Waals surface area contributed by atoms with E-state index in [1.165, 1.54) is 0 Å². The highest BCUT2D eigenvalue weighted by Crippen LogP contribution is 2.20. The van der Waals surface area contributed by atoms with Crippen molar-refractivity contribution in [2.45, 2.75) is 13.0 Å². The van der Waals surface area contributed by atoms with E-state index in [0.29, 0.717) is 0 Å². The number of H-pyrrole nitrogens is 1. The van der Waals surface area contributed by atoms with E-state index in [2.05, 4.69) is 15.3 Å². The molecule has 1 aromatic heterocycles. The lowest BCUT2D eigenvalue weighted by Crippen LogP contribution is -2.31. The Balaban J connectivity index is 1.66. The van der Waals surface area contributed by atoms with Gasteiger partial charge >= 0.3 is 17.1 Å². The molecule has 27 heavy (non-hydrogen) atoms. The van der Waals surface area contributed by atoms with Gasteiger partial charge < -0.3 is 15.0 Å². The molecule has 0 aliphatic carbocycles. The quantitative estimate of drug-likeness (QED) is 0.506. The number of carbonyl (C=O) groups excluding carboxylic acids is 1. The second-order valence-electron chi connectivity index (χ2n) is 5.83. The van der Waals surface area contributed by atoms with Crippen molar-refractivity contribution < 1.29 is 14.5 Å². The van der Waals surface area contributed by atoms with E-state index >= 15 is 0 Å². The Morgan fingerprint density at radius 2 is 2.04 bits per heavy atom. The number of carbonyl (C=O) groups is 1. The lowest BCUT2D eigenvalue weighted by atomic mass is 10.0. The van der Waals surface area contributed by atoms with Gasteiger partial charge in [0, 0.05) is 0 Å². The predicted molar refractivity (Wildman–Crippen MR) is 97.5 cm³/mol. The number of aromatic nitrogens is 2. The molecular weight excluding hydrogens is 352 g/mol. The Kier molecular flexibility index (Phi) is 5.11. The highest BCUT2D eigenvalue weighted by atomic mass is 16.6. The second-order valence-corrected chi connectivity index (χ2v) is 5.83. The third kappa shape index (κ3) is 4.09. The van der Waals surface area contributed by atoms with Gasteiger partial charge in [0.2, 0.25) is 0 Å². The van der Waals surface area contributed by atoms with Gasteiger partial charge in [-0.25, -0.2) is 0 Å². The first-order valence-electron chi connectivity index (χ1n) is 8.08. The van der Waals surface area contributed by atoms with Crippen molar-refractivity contribution in [1.29, 1.82) is 0 Å². The largest absolute Gasteiger partial charge is 0.463 e. The lowest BCUT2D eigenvalue weighted by Gasteiger charge is -2.15.